The first-order valence-corrected chi connectivity index (χ1v) is 9.29. The molecule has 0 spiro atoms. The van der Waals surface area contributed by atoms with E-state index in [1.54, 1.807) is 20.8 Å². The lowest BCUT2D eigenvalue weighted by Gasteiger charge is -2.17. The Balaban J connectivity index is 3.53. The highest BCUT2D eigenvalue weighted by Gasteiger charge is 2.36. The van der Waals surface area contributed by atoms with Gasteiger partial charge in [-0.3, -0.25) is 0 Å². The van der Waals surface area contributed by atoms with Crippen molar-refractivity contribution in [1.29, 1.82) is 0 Å². The molecule has 1 atom stereocenters. The van der Waals surface area contributed by atoms with Crippen LogP contribution in [0, 0.1) is 13.8 Å². The maximum atomic E-state index is 12.6. The average Bonchev–Trinajstić information content (AvgIpc) is 2.28. The summed E-state index contributed by atoms with van der Waals surface area (Å²) < 4.78 is 46.6. The van der Waals surface area contributed by atoms with Gasteiger partial charge in [0.2, 0.25) is 10.0 Å². The van der Waals surface area contributed by atoms with Crippen LogP contribution in [0.25, 0.3) is 0 Å². The molecule has 0 bridgehead atoms. The Morgan fingerprint density at radius 2 is 1.65 bits per heavy atom. The molecule has 114 valence electrons. The molecule has 1 aromatic rings. The van der Waals surface area contributed by atoms with Crippen LogP contribution >= 0.6 is 0 Å². The quantitative estimate of drug-likeness (QED) is 0.786. The summed E-state index contributed by atoms with van der Waals surface area (Å²) in [6.07, 6.45) is 0.358. The number of hydrogen-bond donors (Lipinski definition) is 2. The molecule has 6 nitrogen and oxygen atoms in total. The van der Waals surface area contributed by atoms with E-state index < -0.39 is 24.4 Å². The monoisotopic (exact) mass is 320 g/mol. The van der Waals surface area contributed by atoms with E-state index >= 15 is 0 Å². The van der Waals surface area contributed by atoms with E-state index in [2.05, 4.69) is 0 Å². The fourth-order valence-corrected chi connectivity index (χ4v) is 5.96. The van der Waals surface area contributed by atoms with E-state index in [-0.39, 0.29) is 11.3 Å². The van der Waals surface area contributed by atoms with Crippen LogP contribution in [0.5, 0.6) is 0 Å². The molecule has 0 aromatic heterocycles. The number of hydrogen-bond acceptors (Lipinski definition) is 5. The highest BCUT2D eigenvalue weighted by molar-refractivity contribution is 8.08. The molecule has 0 saturated heterocycles. The molecule has 1 rings (SSSR count). The number of anilines is 1. The smallest absolute Gasteiger partial charge is 0.226 e. The fourth-order valence-electron chi connectivity index (χ4n) is 1.99. The predicted octanol–water partition coefficient (Wildman–Crippen LogP) is 1.07. The Bertz CT molecular complexity index is 709. The molecule has 1 aromatic carbocycles. The lowest BCUT2D eigenvalue weighted by Crippen LogP contribution is -2.36. The first kappa shape index (κ1) is 16.9. The van der Waals surface area contributed by atoms with Crippen molar-refractivity contribution in [2.45, 2.75) is 43.1 Å². The van der Waals surface area contributed by atoms with Gasteiger partial charge in [0.15, 0.2) is 14.4 Å². The van der Waals surface area contributed by atoms with Crippen LogP contribution in [0.1, 0.15) is 30.9 Å². The van der Waals surface area contributed by atoms with Crippen molar-refractivity contribution in [3.05, 3.63) is 23.3 Å². The number of nitrogen functional groups attached to an aromatic ring is 1. The number of nitrogens with two attached hydrogens (primary N) is 2. The summed E-state index contributed by atoms with van der Waals surface area (Å²) in [5.41, 5.74) is 7.17. The predicted molar refractivity (Wildman–Crippen MR) is 79.3 cm³/mol. The Kier molecular flexibility index (Phi) is 4.83. The summed E-state index contributed by atoms with van der Waals surface area (Å²) in [4.78, 5) is -0.0309. The third-order valence-corrected chi connectivity index (χ3v) is 7.62. The third kappa shape index (κ3) is 3.31. The Morgan fingerprint density at radius 3 is 2.10 bits per heavy atom. The van der Waals surface area contributed by atoms with Crippen molar-refractivity contribution in [2.75, 3.05) is 5.73 Å². The second-order valence-electron chi connectivity index (χ2n) is 4.83. The average molecular weight is 320 g/mol. The van der Waals surface area contributed by atoms with Crippen molar-refractivity contribution in [3.63, 3.8) is 0 Å². The first-order valence-electron chi connectivity index (χ1n) is 6.14. The molecule has 0 heterocycles. The maximum Gasteiger partial charge on any atom is 0.226 e. The van der Waals surface area contributed by atoms with E-state index in [9.17, 15) is 16.8 Å². The summed E-state index contributed by atoms with van der Waals surface area (Å²) in [5.74, 6) is 0. The largest absolute Gasteiger partial charge is 0.399 e. The van der Waals surface area contributed by atoms with Crippen LogP contribution in [0.4, 0.5) is 5.69 Å². The molecular formula is C12H20N2O4S2. The SMILES string of the molecule is CCCC(S(N)(=O)=O)S(=O)(=O)c1cc(C)c(N)cc1C. The van der Waals surface area contributed by atoms with Crippen molar-refractivity contribution < 1.29 is 16.8 Å². The summed E-state index contributed by atoms with van der Waals surface area (Å²) in [6.45, 7) is 4.95. The molecule has 0 saturated carbocycles. The van der Waals surface area contributed by atoms with E-state index in [4.69, 9.17) is 10.9 Å². The molecule has 0 aliphatic carbocycles. The van der Waals surface area contributed by atoms with Crippen LogP contribution in [0.3, 0.4) is 0 Å². The van der Waals surface area contributed by atoms with Gasteiger partial charge in [-0.2, -0.15) is 0 Å². The van der Waals surface area contributed by atoms with Gasteiger partial charge in [-0.25, -0.2) is 22.0 Å². The second-order valence-corrected chi connectivity index (χ2v) is 8.97. The zero-order chi connectivity index (χ0) is 15.7. The van der Waals surface area contributed by atoms with Gasteiger partial charge >= 0.3 is 0 Å². The molecule has 8 heteroatoms. The topological polar surface area (TPSA) is 120 Å². The lowest BCUT2D eigenvalue weighted by molar-refractivity contribution is 0.568. The minimum absolute atomic E-state index is 0.0309. The number of sulfone groups is 1. The van der Waals surface area contributed by atoms with Gasteiger partial charge in [-0.05, 0) is 43.5 Å². The number of rotatable bonds is 5. The minimum atomic E-state index is -4.19. The molecular weight excluding hydrogens is 300 g/mol. The van der Waals surface area contributed by atoms with Gasteiger partial charge in [0.1, 0.15) is 0 Å². The third-order valence-electron chi connectivity index (χ3n) is 3.11. The van der Waals surface area contributed by atoms with Crippen molar-refractivity contribution in [3.8, 4) is 0 Å². The Labute approximate surface area is 120 Å². The van der Waals surface area contributed by atoms with Crippen molar-refractivity contribution >= 4 is 25.5 Å². The highest BCUT2D eigenvalue weighted by atomic mass is 32.3. The standard InChI is InChI=1S/C12H20N2O4S2/c1-4-5-12(20(14,17)18)19(15,16)11-7-8(2)10(13)6-9(11)3/h6-7,12H,4-5,13H2,1-3H3,(H2,14,17,18). The molecule has 0 amide bonds. The van der Waals surface area contributed by atoms with Crippen LogP contribution in [0.15, 0.2) is 17.0 Å². The zero-order valence-corrected chi connectivity index (χ0v) is 13.4. The van der Waals surface area contributed by atoms with Gasteiger partial charge in [0.05, 0.1) is 4.90 Å². The van der Waals surface area contributed by atoms with Gasteiger partial charge < -0.3 is 5.73 Å². The van der Waals surface area contributed by atoms with E-state index in [1.165, 1.54) is 12.1 Å². The molecule has 0 fully saturated rings. The fraction of sp³-hybridized carbons (Fsp3) is 0.500. The molecule has 4 N–H and O–H groups in total. The molecule has 20 heavy (non-hydrogen) atoms. The maximum absolute atomic E-state index is 12.6. The van der Waals surface area contributed by atoms with Gasteiger partial charge in [0, 0.05) is 5.69 Å². The zero-order valence-electron chi connectivity index (χ0n) is 11.8. The van der Waals surface area contributed by atoms with Crippen LogP contribution in [0.2, 0.25) is 0 Å². The van der Waals surface area contributed by atoms with Crippen LogP contribution in [-0.2, 0) is 19.9 Å². The normalized spacial score (nSPS) is 14.2. The Hall–Kier alpha value is -1.12. The Morgan fingerprint density at radius 1 is 1.10 bits per heavy atom. The van der Waals surface area contributed by atoms with Gasteiger partial charge in [-0.1, -0.05) is 13.3 Å². The van der Waals surface area contributed by atoms with Crippen molar-refractivity contribution in [1.82, 2.24) is 0 Å². The number of benzene rings is 1. The molecule has 0 aliphatic rings. The number of aryl methyl sites for hydroxylation is 2. The number of primary sulfonamides is 1. The summed E-state index contributed by atoms with van der Waals surface area (Å²) in [6, 6.07) is 2.92. The van der Waals surface area contributed by atoms with Gasteiger partial charge in [-0.15, -0.1) is 0 Å². The summed E-state index contributed by atoms with van der Waals surface area (Å²) >= 11 is 0. The minimum Gasteiger partial charge on any atom is -0.399 e. The van der Waals surface area contributed by atoms with Crippen LogP contribution in [-0.4, -0.2) is 21.4 Å². The lowest BCUT2D eigenvalue weighted by atomic mass is 10.1. The van der Waals surface area contributed by atoms with Crippen molar-refractivity contribution in [2.24, 2.45) is 5.14 Å². The molecule has 0 aliphatic heterocycles. The molecule has 0 radical (unpaired) electrons. The molecule has 1 unspecified atom stereocenters. The summed E-state index contributed by atoms with van der Waals surface area (Å²) in [5, 5.41) is 5.08. The first-order chi connectivity index (χ1) is 9.01. The summed E-state index contributed by atoms with van der Waals surface area (Å²) in [7, 11) is -8.25. The number of sulfonamides is 1. The van der Waals surface area contributed by atoms with E-state index in [0.29, 0.717) is 23.2 Å². The van der Waals surface area contributed by atoms with Crippen LogP contribution < -0.4 is 10.9 Å². The van der Waals surface area contributed by atoms with E-state index in [0.717, 1.165) is 0 Å². The second kappa shape index (κ2) is 5.71. The van der Waals surface area contributed by atoms with E-state index in [1.807, 2.05) is 0 Å². The highest BCUT2D eigenvalue weighted by Crippen LogP contribution is 2.28. The van der Waals surface area contributed by atoms with Gasteiger partial charge in [0.25, 0.3) is 0 Å².